The number of aryl methyl sites for hydroxylation is 2. The minimum atomic E-state index is -0.876. The van der Waals surface area contributed by atoms with Crippen LogP contribution in [0.4, 0.5) is 0 Å². The van der Waals surface area contributed by atoms with Gasteiger partial charge in [0.15, 0.2) is 11.5 Å². The van der Waals surface area contributed by atoms with E-state index in [1.165, 1.54) is 6.33 Å². The van der Waals surface area contributed by atoms with Gasteiger partial charge in [0.25, 0.3) is 0 Å². The zero-order chi connectivity index (χ0) is 14.4. The summed E-state index contributed by atoms with van der Waals surface area (Å²) in [5, 5.41) is 21.1. The Morgan fingerprint density at radius 1 is 1.45 bits per heavy atom. The van der Waals surface area contributed by atoms with Crippen LogP contribution in [0.2, 0.25) is 0 Å². The summed E-state index contributed by atoms with van der Waals surface area (Å²) >= 11 is 1.16. The van der Waals surface area contributed by atoms with E-state index in [1.54, 1.807) is 0 Å². The van der Waals surface area contributed by atoms with Gasteiger partial charge in [0, 0.05) is 19.4 Å². The molecule has 20 heavy (non-hydrogen) atoms. The Hall–Kier alpha value is -1.90. The van der Waals surface area contributed by atoms with Gasteiger partial charge in [-0.3, -0.25) is 4.79 Å². The molecule has 8 nitrogen and oxygen atoms in total. The molecule has 2 aromatic heterocycles. The quantitative estimate of drug-likeness (QED) is 0.720. The van der Waals surface area contributed by atoms with E-state index in [0.717, 1.165) is 30.4 Å². The molecule has 1 N–H and O–H groups in total. The zero-order valence-electron chi connectivity index (χ0n) is 11.0. The Kier molecular flexibility index (Phi) is 5.10. The van der Waals surface area contributed by atoms with Crippen LogP contribution in [0, 0.1) is 0 Å². The Morgan fingerprint density at radius 3 is 2.95 bits per heavy atom. The minimum absolute atomic E-state index is 0.0369. The van der Waals surface area contributed by atoms with E-state index in [2.05, 4.69) is 27.3 Å². The van der Waals surface area contributed by atoms with Gasteiger partial charge in [0.1, 0.15) is 5.82 Å². The van der Waals surface area contributed by atoms with Gasteiger partial charge in [0.05, 0.1) is 5.75 Å². The lowest BCUT2D eigenvalue weighted by Gasteiger charge is -2.07. The third-order valence-electron chi connectivity index (χ3n) is 2.55. The van der Waals surface area contributed by atoms with Crippen molar-refractivity contribution in [2.45, 2.75) is 37.9 Å². The largest absolute Gasteiger partial charge is 0.481 e. The zero-order valence-corrected chi connectivity index (χ0v) is 11.8. The van der Waals surface area contributed by atoms with Crippen molar-refractivity contribution >= 4 is 17.7 Å². The van der Waals surface area contributed by atoms with Crippen LogP contribution in [-0.2, 0) is 24.2 Å². The van der Waals surface area contributed by atoms with Crippen LogP contribution >= 0.6 is 11.8 Å². The molecule has 0 bridgehead atoms. The average molecular weight is 297 g/mol. The van der Waals surface area contributed by atoms with Crippen molar-refractivity contribution in [3.8, 4) is 0 Å². The van der Waals surface area contributed by atoms with Gasteiger partial charge < -0.3 is 14.2 Å². The normalized spacial score (nSPS) is 10.8. The highest BCUT2D eigenvalue weighted by atomic mass is 32.2. The van der Waals surface area contributed by atoms with Gasteiger partial charge in [-0.1, -0.05) is 23.8 Å². The van der Waals surface area contributed by atoms with E-state index in [0.29, 0.717) is 24.0 Å². The van der Waals surface area contributed by atoms with E-state index >= 15 is 0 Å². The lowest BCUT2D eigenvalue weighted by molar-refractivity contribution is -0.133. The lowest BCUT2D eigenvalue weighted by Crippen LogP contribution is -2.09. The molecule has 2 aromatic rings. The molecule has 0 amide bonds. The fraction of sp³-hybridized carbons (Fsp3) is 0.545. The summed E-state index contributed by atoms with van der Waals surface area (Å²) in [5.41, 5.74) is 0. The Labute approximate surface area is 119 Å². The molecule has 0 atom stereocenters. The van der Waals surface area contributed by atoms with Gasteiger partial charge in [-0.05, 0) is 6.42 Å². The molecule has 0 aliphatic rings. The van der Waals surface area contributed by atoms with Crippen molar-refractivity contribution in [1.29, 1.82) is 0 Å². The van der Waals surface area contributed by atoms with Gasteiger partial charge in [-0.25, -0.2) is 0 Å². The summed E-state index contributed by atoms with van der Waals surface area (Å²) in [7, 11) is 0. The van der Waals surface area contributed by atoms with Crippen LogP contribution in [0.5, 0.6) is 0 Å². The van der Waals surface area contributed by atoms with Crippen molar-refractivity contribution in [3.05, 3.63) is 18.0 Å². The van der Waals surface area contributed by atoms with E-state index < -0.39 is 5.97 Å². The van der Waals surface area contributed by atoms with Gasteiger partial charge >= 0.3 is 5.97 Å². The van der Waals surface area contributed by atoms with Crippen molar-refractivity contribution < 1.29 is 14.4 Å². The van der Waals surface area contributed by atoms with Crippen molar-refractivity contribution in [2.75, 3.05) is 5.75 Å². The SMILES string of the molecule is CCCc1nnc(SCC(=O)O)n1CCc1ncno1. The molecule has 0 radical (unpaired) electrons. The molecule has 0 fully saturated rings. The Balaban J connectivity index is 2.09. The molecule has 9 heteroatoms. The van der Waals surface area contributed by atoms with Gasteiger partial charge in [-0.2, -0.15) is 4.98 Å². The third kappa shape index (κ3) is 3.80. The summed E-state index contributed by atoms with van der Waals surface area (Å²) in [6.07, 6.45) is 3.66. The van der Waals surface area contributed by atoms with E-state index in [-0.39, 0.29) is 5.75 Å². The second-order valence-electron chi connectivity index (χ2n) is 4.07. The number of aromatic nitrogens is 5. The molecule has 0 aliphatic heterocycles. The number of carboxylic acid groups (broad SMARTS) is 1. The van der Waals surface area contributed by atoms with Crippen LogP contribution in [0.1, 0.15) is 25.1 Å². The monoisotopic (exact) mass is 297 g/mol. The standard InChI is InChI=1S/C11H15N5O3S/c1-2-3-8-14-15-11(20-6-10(17)18)16(8)5-4-9-12-7-13-19-9/h7H,2-6H2,1H3,(H,17,18). The molecule has 0 aromatic carbocycles. The van der Waals surface area contributed by atoms with Crippen LogP contribution in [0.25, 0.3) is 0 Å². The first-order valence-corrected chi connectivity index (χ1v) is 7.21. The third-order valence-corrected chi connectivity index (χ3v) is 3.50. The number of nitrogens with zero attached hydrogens (tertiary/aromatic N) is 5. The molecule has 0 saturated carbocycles. The molecule has 2 rings (SSSR count). The maximum absolute atomic E-state index is 10.6. The number of aliphatic carboxylic acids is 1. The Morgan fingerprint density at radius 2 is 2.30 bits per heavy atom. The number of carboxylic acids is 1. The minimum Gasteiger partial charge on any atom is -0.481 e. The first-order chi connectivity index (χ1) is 9.70. The second-order valence-corrected chi connectivity index (χ2v) is 5.01. The second kappa shape index (κ2) is 7.04. The lowest BCUT2D eigenvalue weighted by atomic mass is 10.3. The van der Waals surface area contributed by atoms with E-state index in [1.807, 2.05) is 4.57 Å². The summed E-state index contributed by atoms with van der Waals surface area (Å²) in [4.78, 5) is 14.6. The van der Waals surface area contributed by atoms with E-state index in [4.69, 9.17) is 9.63 Å². The van der Waals surface area contributed by atoms with Crippen molar-refractivity contribution in [1.82, 2.24) is 24.9 Å². The molecule has 2 heterocycles. The molecular weight excluding hydrogens is 282 g/mol. The number of rotatable bonds is 8. The molecule has 0 unspecified atom stereocenters. The molecular formula is C11H15N5O3S. The maximum atomic E-state index is 10.6. The predicted molar refractivity (Wildman–Crippen MR) is 70.4 cm³/mol. The number of carbonyl (C=O) groups is 1. The maximum Gasteiger partial charge on any atom is 0.313 e. The molecule has 0 spiro atoms. The number of hydrogen-bond acceptors (Lipinski definition) is 7. The summed E-state index contributed by atoms with van der Waals surface area (Å²) in [5.74, 6) is 0.471. The average Bonchev–Trinajstić information content (AvgIpc) is 3.04. The van der Waals surface area contributed by atoms with Crippen molar-refractivity contribution in [2.24, 2.45) is 0 Å². The van der Waals surface area contributed by atoms with Crippen LogP contribution in [0.3, 0.4) is 0 Å². The highest BCUT2D eigenvalue weighted by molar-refractivity contribution is 7.99. The topological polar surface area (TPSA) is 107 Å². The highest BCUT2D eigenvalue weighted by Gasteiger charge is 2.14. The fourth-order valence-electron chi connectivity index (χ4n) is 1.70. The summed E-state index contributed by atoms with van der Waals surface area (Å²) < 4.78 is 6.87. The smallest absolute Gasteiger partial charge is 0.313 e. The fourth-order valence-corrected chi connectivity index (χ4v) is 2.40. The summed E-state index contributed by atoms with van der Waals surface area (Å²) in [6.45, 7) is 2.65. The Bertz CT molecular complexity index is 554. The van der Waals surface area contributed by atoms with Crippen molar-refractivity contribution in [3.63, 3.8) is 0 Å². The van der Waals surface area contributed by atoms with Crippen LogP contribution in [-0.4, -0.2) is 41.7 Å². The van der Waals surface area contributed by atoms with Crippen LogP contribution in [0.15, 0.2) is 16.0 Å². The predicted octanol–water partition coefficient (Wildman–Crippen LogP) is 1.03. The molecule has 0 saturated heterocycles. The van der Waals surface area contributed by atoms with Crippen LogP contribution < -0.4 is 0 Å². The molecule has 0 aliphatic carbocycles. The van der Waals surface area contributed by atoms with Gasteiger partial charge in [-0.15, -0.1) is 10.2 Å². The first-order valence-electron chi connectivity index (χ1n) is 6.23. The van der Waals surface area contributed by atoms with E-state index in [9.17, 15) is 4.79 Å². The highest BCUT2D eigenvalue weighted by Crippen LogP contribution is 2.18. The molecule has 108 valence electrons. The first kappa shape index (κ1) is 14.5. The number of thioether (sulfide) groups is 1. The number of hydrogen-bond donors (Lipinski definition) is 1. The summed E-state index contributed by atoms with van der Waals surface area (Å²) in [6, 6.07) is 0. The van der Waals surface area contributed by atoms with Gasteiger partial charge in [0.2, 0.25) is 5.89 Å².